The molecule has 0 N–H and O–H groups in total. The largest absolute Gasteiger partial charge is 2.00 e. The summed E-state index contributed by atoms with van der Waals surface area (Å²) >= 11 is 0. The van der Waals surface area contributed by atoms with Crippen LogP contribution in [0.25, 0.3) is 0 Å². The van der Waals surface area contributed by atoms with Crippen molar-refractivity contribution in [1.82, 2.24) is 0 Å². The molecule has 4 aromatic carbocycles. The first-order valence-corrected chi connectivity index (χ1v) is 21.7. The Labute approximate surface area is 436 Å². The third kappa shape index (κ3) is 17.4. The van der Waals surface area contributed by atoms with Gasteiger partial charge in [0.2, 0.25) is 0 Å². The molecule has 1 aliphatic rings. The fraction of sp³-hybridized carbons (Fsp3) is 0.340. The molecule has 0 amide bonds. The van der Waals surface area contributed by atoms with E-state index in [2.05, 4.69) is 61.3 Å². The van der Waals surface area contributed by atoms with Gasteiger partial charge < -0.3 is 13.6 Å². The first-order valence-electron chi connectivity index (χ1n) is 20.6. The SMILES string of the molecule is C=C.COP(OC)OC.C[C]1[C](C)[C](C)[C](C)[C]1C.FC(F)(F)c1cc([B-](c2cc(C(F)(F)F)cc(C(F)(F)F)c2)(c2cc(C(F)(F)F)cc(C(F)(F)F)c2)c2cc(C(F)(F)F)cc(C(F)(F)F)c2)cc(C(F)(F)F)c1.[Co+2]. The van der Waals surface area contributed by atoms with Crippen molar-refractivity contribution in [2.24, 2.45) is 0 Å². The molecule has 3 nitrogen and oxygen atoms in total. The molecule has 430 valence electrons. The minimum Gasteiger partial charge on any atom is -0.316 e. The van der Waals surface area contributed by atoms with E-state index >= 15 is 0 Å². The molecule has 6 radical (unpaired) electrons. The predicted molar refractivity (Wildman–Crippen MR) is 234 cm³/mol. The number of hydrogen-bond acceptors (Lipinski definition) is 3. The zero-order valence-corrected chi connectivity index (χ0v) is 42.4. The number of rotatable bonds is 7. The Balaban J connectivity index is 0.00000125. The van der Waals surface area contributed by atoms with Gasteiger partial charge in [-0.15, -0.1) is 13.2 Å². The Morgan fingerprint density at radius 1 is 0.286 bits per heavy atom. The van der Waals surface area contributed by atoms with Crippen LogP contribution in [-0.2, 0) is 79.8 Å². The molecule has 0 atom stereocenters. The van der Waals surface area contributed by atoms with Gasteiger partial charge in [0, 0.05) is 21.3 Å². The van der Waals surface area contributed by atoms with Crippen LogP contribution in [-0.4, -0.2) is 27.5 Å². The van der Waals surface area contributed by atoms with Crippen LogP contribution >= 0.6 is 8.60 Å². The summed E-state index contributed by atoms with van der Waals surface area (Å²) in [5.74, 6) is 7.34. The molecule has 0 spiro atoms. The average Bonchev–Trinajstić information content (AvgIpc) is 3.45. The Morgan fingerprint density at radius 3 is 0.481 bits per heavy atom. The van der Waals surface area contributed by atoms with Crippen LogP contribution in [0.3, 0.4) is 0 Å². The first-order chi connectivity index (χ1) is 34.2. The number of alkyl halides is 24. The van der Waals surface area contributed by atoms with E-state index in [1.807, 2.05) is 0 Å². The molecule has 77 heavy (non-hydrogen) atoms. The van der Waals surface area contributed by atoms with Gasteiger partial charge in [0.1, 0.15) is 6.15 Å². The van der Waals surface area contributed by atoms with Crippen LogP contribution in [0.15, 0.2) is 86.0 Å². The van der Waals surface area contributed by atoms with Crippen LogP contribution in [0.1, 0.15) is 79.1 Å². The first kappa shape index (κ1) is 70.8. The Bertz CT molecular complexity index is 2070. The van der Waals surface area contributed by atoms with E-state index in [1.54, 1.807) is 21.3 Å². The van der Waals surface area contributed by atoms with Gasteiger partial charge in [0.05, 0.1) is 44.5 Å². The minimum absolute atomic E-state index is 0. The molecular formula is C47H40BCoF24O3P+. The van der Waals surface area contributed by atoms with Crippen molar-refractivity contribution < 1.29 is 136 Å². The van der Waals surface area contributed by atoms with Crippen molar-refractivity contribution >= 4 is 36.6 Å². The maximum atomic E-state index is 14.2. The van der Waals surface area contributed by atoms with Crippen LogP contribution in [0.2, 0.25) is 0 Å². The van der Waals surface area contributed by atoms with E-state index in [-0.39, 0.29) is 16.8 Å². The van der Waals surface area contributed by atoms with Gasteiger partial charge in [-0.2, -0.15) is 127 Å². The van der Waals surface area contributed by atoms with Gasteiger partial charge in [-0.25, -0.2) is 0 Å². The fourth-order valence-corrected chi connectivity index (χ4v) is 8.15. The van der Waals surface area contributed by atoms with Crippen LogP contribution in [0.4, 0.5) is 105 Å². The second kappa shape index (κ2) is 25.5. The molecule has 5 rings (SSSR count). The van der Waals surface area contributed by atoms with Crippen molar-refractivity contribution in [3.63, 3.8) is 0 Å². The summed E-state index contributed by atoms with van der Waals surface area (Å²) in [4.78, 5) is 0. The summed E-state index contributed by atoms with van der Waals surface area (Å²) in [7, 11) is 3.57. The van der Waals surface area contributed by atoms with E-state index in [9.17, 15) is 105 Å². The third-order valence-electron chi connectivity index (χ3n) is 11.7. The molecule has 0 bridgehead atoms. The van der Waals surface area contributed by atoms with Crippen molar-refractivity contribution in [1.29, 1.82) is 0 Å². The van der Waals surface area contributed by atoms with Crippen LogP contribution in [0.5, 0.6) is 0 Å². The van der Waals surface area contributed by atoms with E-state index in [4.69, 9.17) is 0 Å². The summed E-state index contributed by atoms with van der Waals surface area (Å²) in [5, 5.41) is 0. The van der Waals surface area contributed by atoms with E-state index < -0.39 is 203 Å². The molecule has 1 saturated carbocycles. The van der Waals surface area contributed by atoms with Crippen molar-refractivity contribution in [3.8, 4) is 0 Å². The minimum atomic E-state index is -6.13. The summed E-state index contributed by atoms with van der Waals surface area (Å²) in [6.45, 7) is 17.0. The van der Waals surface area contributed by atoms with Crippen molar-refractivity contribution in [2.75, 3.05) is 21.3 Å². The maximum Gasteiger partial charge on any atom is 2.00 e. The summed E-state index contributed by atoms with van der Waals surface area (Å²) in [6, 6.07) is -8.81. The average molecular weight is 1210 g/mol. The van der Waals surface area contributed by atoms with E-state index in [0.29, 0.717) is 0 Å². The number of halogens is 24. The van der Waals surface area contributed by atoms with Gasteiger partial charge in [-0.1, -0.05) is 83.1 Å². The maximum absolute atomic E-state index is 14.2. The summed E-state index contributed by atoms with van der Waals surface area (Å²) < 4.78 is 355. The molecule has 1 fully saturated rings. The summed E-state index contributed by atoms with van der Waals surface area (Å²) in [5.41, 5.74) is -30.2. The Hall–Kier alpha value is -4.18. The molecule has 4 aromatic rings. The van der Waals surface area contributed by atoms with Crippen LogP contribution < -0.4 is 21.9 Å². The molecule has 0 saturated heterocycles. The monoisotopic (exact) mass is 1210 g/mol. The Morgan fingerprint density at radius 2 is 0.403 bits per heavy atom. The topological polar surface area (TPSA) is 27.7 Å². The van der Waals surface area contributed by atoms with E-state index in [1.165, 1.54) is 29.6 Å². The third-order valence-corrected chi connectivity index (χ3v) is 12.6. The number of hydrogen-bond donors (Lipinski definition) is 0. The second-order valence-corrected chi connectivity index (χ2v) is 17.7. The van der Waals surface area contributed by atoms with Crippen molar-refractivity contribution in [2.45, 2.75) is 84.0 Å². The van der Waals surface area contributed by atoms with Gasteiger partial charge in [0.15, 0.2) is 0 Å². The molecule has 0 aromatic heterocycles. The summed E-state index contributed by atoms with van der Waals surface area (Å²) in [6.07, 6.45) is -54.8. The van der Waals surface area contributed by atoms with Gasteiger partial charge in [-0.05, 0) is 53.9 Å². The second-order valence-electron chi connectivity index (χ2n) is 16.1. The van der Waals surface area contributed by atoms with Gasteiger partial charge >= 0.3 is 74.8 Å². The quantitative estimate of drug-likeness (QED) is 0.0799. The van der Waals surface area contributed by atoms with Gasteiger partial charge in [0.25, 0.3) is 0 Å². The fourth-order valence-electron chi connectivity index (χ4n) is 7.70. The molecule has 0 heterocycles. The molecular weight excluding hydrogens is 1170 g/mol. The normalized spacial score (nSPS) is 15.3. The molecule has 30 heteroatoms. The predicted octanol–water partition coefficient (Wildman–Crippen LogP) is 16.1. The zero-order chi connectivity index (χ0) is 59.5. The zero-order valence-electron chi connectivity index (χ0n) is 40.5. The van der Waals surface area contributed by atoms with Gasteiger partial charge in [-0.3, -0.25) is 0 Å². The van der Waals surface area contributed by atoms with E-state index in [0.717, 1.165) is 0 Å². The number of benzene rings is 4. The standard InChI is InChI=1S/C32H12BF24.C10H15.C3H9O3P.C2H4.Co/c34-25(35,36)13-1-14(26(37,38)39)6-21(5-13)33(22-7-15(27(40,41)42)2-16(8-22)28(43,44)45,23-9-17(29(46,47)48)3-18(10-23)30(49,50)51)24-11-19(31(52,53)54)4-20(12-24)32(55,56)57;1-6-7(2)9(4)10(5)8(6)3;1-4-7(5-2)6-3;1-2;/h1-12H;1-5H3;1-3H3;1-2H2;/q-1;;;;+2. The van der Waals surface area contributed by atoms with Crippen molar-refractivity contribution in [3.05, 3.63) is 160 Å². The molecule has 0 unspecified atom stereocenters. The smallest absolute Gasteiger partial charge is 0.316 e. The Kier molecular flexibility index (Phi) is 23.5. The molecule has 1 aliphatic carbocycles. The van der Waals surface area contributed by atoms with Crippen LogP contribution in [0, 0.1) is 29.6 Å². The molecule has 0 aliphatic heterocycles.